The van der Waals surface area contributed by atoms with Crippen LogP contribution >= 0.6 is 0 Å². The van der Waals surface area contributed by atoms with Crippen molar-refractivity contribution in [3.8, 4) is 5.75 Å². The number of hydrogen-bond acceptors (Lipinski definition) is 4. The Balaban J connectivity index is 3.07. The molecule has 1 rings (SSSR count). The second-order valence-corrected chi connectivity index (χ2v) is 7.12. The fourth-order valence-corrected chi connectivity index (χ4v) is 3.32. The maximum atomic E-state index is 12.2. The fraction of sp³-hybridized carbons (Fsp3) is 0.571. The van der Waals surface area contributed by atoms with E-state index in [0.717, 1.165) is 11.1 Å². The first-order valence-corrected chi connectivity index (χ1v) is 8.18. The molecule has 0 spiro atoms. The topological polar surface area (TPSA) is 55.4 Å². The number of nitrogens with one attached hydrogen (secondary N) is 1. The van der Waals surface area contributed by atoms with Crippen LogP contribution in [0.3, 0.4) is 0 Å². The molecule has 0 aromatic heterocycles. The summed E-state index contributed by atoms with van der Waals surface area (Å²) in [4.78, 5) is 0. The van der Waals surface area contributed by atoms with Gasteiger partial charge in [-0.3, -0.25) is 0 Å². The van der Waals surface area contributed by atoms with Gasteiger partial charge >= 0.3 is 0 Å². The van der Waals surface area contributed by atoms with Crippen molar-refractivity contribution in [3.63, 3.8) is 0 Å². The maximum absolute atomic E-state index is 12.2. The highest BCUT2D eigenvalue weighted by molar-refractivity contribution is 7.91. The summed E-state index contributed by atoms with van der Waals surface area (Å²) in [7, 11) is 0.295. The Kier molecular flexibility index (Phi) is 5.82. The molecule has 0 amide bonds. The van der Waals surface area contributed by atoms with Gasteiger partial charge in [-0.1, -0.05) is 13.0 Å². The number of hydrogen-bond donors (Lipinski definition) is 1. The van der Waals surface area contributed by atoms with E-state index >= 15 is 0 Å². The van der Waals surface area contributed by atoms with Crippen LogP contribution in [0.2, 0.25) is 0 Å². The summed E-state index contributed by atoms with van der Waals surface area (Å²) in [5, 5.41) is 2.73. The lowest BCUT2D eigenvalue weighted by molar-refractivity contribution is 0.410. The van der Waals surface area contributed by atoms with Crippen LogP contribution in [0.25, 0.3) is 0 Å². The molecular formula is C14H23NO3S. The van der Waals surface area contributed by atoms with Gasteiger partial charge in [0.1, 0.15) is 5.75 Å². The van der Waals surface area contributed by atoms with Crippen LogP contribution in [0.15, 0.2) is 18.2 Å². The van der Waals surface area contributed by atoms with E-state index in [9.17, 15) is 8.42 Å². The van der Waals surface area contributed by atoms with Crippen LogP contribution in [-0.4, -0.2) is 27.8 Å². The predicted octanol–water partition coefficient (Wildman–Crippen LogP) is 2.13. The van der Waals surface area contributed by atoms with Crippen molar-refractivity contribution in [2.24, 2.45) is 0 Å². The third kappa shape index (κ3) is 4.21. The summed E-state index contributed by atoms with van der Waals surface area (Å²) in [6.45, 7) is 4.34. The predicted molar refractivity (Wildman–Crippen MR) is 78.1 cm³/mol. The van der Waals surface area contributed by atoms with Crippen molar-refractivity contribution in [2.75, 3.05) is 14.2 Å². The maximum Gasteiger partial charge on any atom is 0.157 e. The lowest BCUT2D eigenvalue weighted by Crippen LogP contribution is -2.19. The average molecular weight is 285 g/mol. The molecule has 0 bridgehead atoms. The third-order valence-corrected chi connectivity index (χ3v) is 5.54. The first kappa shape index (κ1) is 16.0. The normalized spacial score (nSPS) is 13.3. The second-order valence-electron chi connectivity index (χ2n) is 4.70. The zero-order valence-corrected chi connectivity index (χ0v) is 12.9. The van der Waals surface area contributed by atoms with Crippen LogP contribution in [0.1, 0.15) is 31.4 Å². The van der Waals surface area contributed by atoms with E-state index in [-0.39, 0.29) is 11.0 Å². The second kappa shape index (κ2) is 6.91. The largest absolute Gasteiger partial charge is 0.496 e. The minimum atomic E-state index is -3.13. The number of sulfone groups is 1. The summed E-state index contributed by atoms with van der Waals surface area (Å²) >= 11 is 0. The average Bonchev–Trinajstić information content (AvgIpc) is 2.38. The van der Waals surface area contributed by atoms with E-state index in [1.165, 1.54) is 0 Å². The van der Waals surface area contributed by atoms with Crippen LogP contribution < -0.4 is 10.1 Å². The SMILES string of the molecule is CCC(C)S(=O)(=O)Cc1cc(CNC)ccc1OC. The molecule has 0 radical (unpaired) electrons. The first-order chi connectivity index (χ1) is 8.94. The van der Waals surface area contributed by atoms with E-state index in [1.807, 2.05) is 32.2 Å². The van der Waals surface area contributed by atoms with Gasteiger partial charge < -0.3 is 10.1 Å². The van der Waals surface area contributed by atoms with Crippen LogP contribution in [0, 0.1) is 0 Å². The van der Waals surface area contributed by atoms with Crippen molar-refractivity contribution in [1.82, 2.24) is 5.32 Å². The molecule has 0 saturated heterocycles. The van der Waals surface area contributed by atoms with E-state index in [1.54, 1.807) is 14.0 Å². The Hall–Kier alpha value is -1.07. The monoisotopic (exact) mass is 285 g/mol. The number of rotatable bonds is 7. The van der Waals surface area contributed by atoms with E-state index in [0.29, 0.717) is 18.7 Å². The summed E-state index contributed by atoms with van der Waals surface area (Å²) in [5.74, 6) is 0.662. The molecule has 0 aliphatic rings. The van der Waals surface area contributed by atoms with Gasteiger partial charge in [-0.25, -0.2) is 8.42 Å². The summed E-state index contributed by atoms with van der Waals surface area (Å²) in [6.07, 6.45) is 0.626. The summed E-state index contributed by atoms with van der Waals surface area (Å²) in [6, 6.07) is 5.66. The Labute approximate surface area is 116 Å². The highest BCUT2D eigenvalue weighted by Crippen LogP contribution is 2.24. The van der Waals surface area contributed by atoms with Gasteiger partial charge in [0.15, 0.2) is 9.84 Å². The van der Waals surface area contributed by atoms with Gasteiger partial charge in [-0.05, 0) is 38.1 Å². The molecule has 1 unspecified atom stereocenters. The number of methoxy groups -OCH3 is 1. The molecular weight excluding hydrogens is 262 g/mol. The van der Waals surface area contributed by atoms with Crippen molar-refractivity contribution < 1.29 is 13.2 Å². The third-order valence-electron chi connectivity index (χ3n) is 3.27. The molecule has 1 N–H and O–H groups in total. The van der Waals surface area contributed by atoms with Crippen LogP contribution in [0.5, 0.6) is 5.75 Å². The summed E-state index contributed by atoms with van der Waals surface area (Å²) in [5.41, 5.74) is 1.79. The molecule has 19 heavy (non-hydrogen) atoms. The molecule has 0 aliphatic heterocycles. The highest BCUT2D eigenvalue weighted by atomic mass is 32.2. The highest BCUT2D eigenvalue weighted by Gasteiger charge is 2.21. The smallest absolute Gasteiger partial charge is 0.157 e. The molecule has 1 atom stereocenters. The Morgan fingerprint density at radius 2 is 2.05 bits per heavy atom. The number of benzene rings is 1. The molecule has 1 aromatic rings. The van der Waals surface area contributed by atoms with Gasteiger partial charge in [0.25, 0.3) is 0 Å². The molecule has 0 fully saturated rings. The molecule has 1 aromatic carbocycles. The zero-order valence-electron chi connectivity index (χ0n) is 12.1. The van der Waals surface area contributed by atoms with Gasteiger partial charge in [-0.15, -0.1) is 0 Å². The van der Waals surface area contributed by atoms with Crippen LogP contribution in [0.4, 0.5) is 0 Å². The van der Waals surface area contributed by atoms with Gasteiger partial charge in [0.05, 0.1) is 18.1 Å². The Morgan fingerprint density at radius 3 is 2.58 bits per heavy atom. The first-order valence-electron chi connectivity index (χ1n) is 6.46. The van der Waals surface area contributed by atoms with Gasteiger partial charge in [0.2, 0.25) is 0 Å². The van der Waals surface area contributed by atoms with Gasteiger partial charge in [0, 0.05) is 12.1 Å². The standard InChI is InChI=1S/C14H23NO3S/c1-5-11(2)19(16,17)10-13-8-12(9-15-3)6-7-14(13)18-4/h6-8,11,15H,5,9-10H2,1-4H3. The Morgan fingerprint density at radius 1 is 1.37 bits per heavy atom. The minimum absolute atomic E-state index is 0.0305. The lowest BCUT2D eigenvalue weighted by atomic mass is 10.1. The molecule has 5 heteroatoms. The molecule has 0 aliphatic carbocycles. The molecule has 0 saturated carbocycles. The minimum Gasteiger partial charge on any atom is -0.496 e. The molecule has 4 nitrogen and oxygen atoms in total. The van der Waals surface area contributed by atoms with Crippen molar-refractivity contribution in [2.45, 2.75) is 37.8 Å². The van der Waals surface area contributed by atoms with Crippen molar-refractivity contribution >= 4 is 9.84 Å². The zero-order chi connectivity index (χ0) is 14.5. The van der Waals surface area contributed by atoms with Gasteiger partial charge in [-0.2, -0.15) is 0 Å². The van der Waals surface area contributed by atoms with Crippen molar-refractivity contribution in [1.29, 1.82) is 0 Å². The lowest BCUT2D eigenvalue weighted by Gasteiger charge is -2.14. The fourth-order valence-electron chi connectivity index (χ4n) is 1.87. The summed E-state index contributed by atoms with van der Waals surface area (Å²) < 4.78 is 29.6. The van der Waals surface area contributed by atoms with E-state index in [4.69, 9.17) is 4.74 Å². The Bertz CT molecular complexity index is 511. The quantitative estimate of drug-likeness (QED) is 0.834. The van der Waals surface area contributed by atoms with E-state index in [2.05, 4.69) is 5.32 Å². The van der Waals surface area contributed by atoms with Crippen LogP contribution in [-0.2, 0) is 22.1 Å². The van der Waals surface area contributed by atoms with Crippen molar-refractivity contribution in [3.05, 3.63) is 29.3 Å². The molecule has 0 heterocycles. The number of ether oxygens (including phenoxy) is 1. The van der Waals surface area contributed by atoms with E-state index < -0.39 is 9.84 Å². The molecule has 108 valence electrons.